The quantitative estimate of drug-likeness (QED) is 0.581. The Labute approximate surface area is 93.4 Å². The van der Waals surface area contributed by atoms with Crippen LogP contribution in [-0.4, -0.2) is 11.3 Å². The predicted octanol–water partition coefficient (Wildman–Crippen LogP) is 2.94. The van der Waals surface area contributed by atoms with Gasteiger partial charge in [0.05, 0.1) is 0 Å². The van der Waals surface area contributed by atoms with Crippen LogP contribution in [0.1, 0.15) is 12.6 Å². The van der Waals surface area contributed by atoms with E-state index < -0.39 is 0 Å². The second-order valence-electron chi connectivity index (χ2n) is 3.39. The summed E-state index contributed by atoms with van der Waals surface area (Å²) in [5.74, 6) is 0.564. The number of nitrogens with zero attached hydrogens (tertiary/aromatic N) is 1. The van der Waals surface area contributed by atoms with E-state index in [1.54, 1.807) is 6.26 Å². The third kappa shape index (κ3) is 2.08. The third-order valence-corrected chi connectivity index (χ3v) is 2.25. The summed E-state index contributed by atoms with van der Waals surface area (Å²) in [5, 5.41) is 0. The number of allylic oxidation sites excluding steroid dienone is 2. The molecule has 2 aromatic rings. The lowest BCUT2D eigenvalue weighted by Crippen LogP contribution is -1.81. The van der Waals surface area contributed by atoms with Gasteiger partial charge in [0.2, 0.25) is 5.89 Å². The van der Waals surface area contributed by atoms with Crippen molar-refractivity contribution in [2.45, 2.75) is 6.92 Å². The maximum Gasteiger partial charge on any atom is 0.226 e. The fraction of sp³-hybridized carbons (Fsp3) is 0.0769. The Hall–Kier alpha value is -2.16. The highest BCUT2D eigenvalue weighted by molar-refractivity contribution is 5.79. The highest BCUT2D eigenvalue weighted by atomic mass is 16.3. The SMILES string of the molecule is C/C(=C\C=O)c1coc(-c2ccccc2)n1. The molecule has 3 heteroatoms. The van der Waals surface area contributed by atoms with Gasteiger partial charge in [0, 0.05) is 5.56 Å². The summed E-state index contributed by atoms with van der Waals surface area (Å²) in [5.41, 5.74) is 2.40. The van der Waals surface area contributed by atoms with Crippen LogP contribution < -0.4 is 0 Å². The van der Waals surface area contributed by atoms with Gasteiger partial charge < -0.3 is 4.42 Å². The number of hydrogen-bond acceptors (Lipinski definition) is 3. The molecule has 0 spiro atoms. The zero-order chi connectivity index (χ0) is 11.4. The maximum atomic E-state index is 10.3. The van der Waals surface area contributed by atoms with Crippen molar-refractivity contribution in [1.29, 1.82) is 0 Å². The third-order valence-electron chi connectivity index (χ3n) is 2.25. The lowest BCUT2D eigenvalue weighted by Gasteiger charge is -1.92. The van der Waals surface area contributed by atoms with Crippen LogP contribution in [0.25, 0.3) is 17.0 Å². The van der Waals surface area contributed by atoms with Crippen molar-refractivity contribution in [2.24, 2.45) is 0 Å². The molecular formula is C13H11NO2. The summed E-state index contributed by atoms with van der Waals surface area (Å²) in [6.45, 7) is 1.82. The minimum atomic E-state index is 0.564. The van der Waals surface area contributed by atoms with Gasteiger partial charge in [-0.3, -0.25) is 4.79 Å². The van der Waals surface area contributed by atoms with Crippen molar-refractivity contribution in [1.82, 2.24) is 4.98 Å². The Balaban J connectivity index is 2.34. The smallest absolute Gasteiger partial charge is 0.226 e. The summed E-state index contributed by atoms with van der Waals surface area (Å²) in [6.07, 6.45) is 3.76. The highest BCUT2D eigenvalue weighted by Crippen LogP contribution is 2.21. The van der Waals surface area contributed by atoms with Gasteiger partial charge in [0.1, 0.15) is 18.2 Å². The van der Waals surface area contributed by atoms with Gasteiger partial charge in [-0.2, -0.15) is 0 Å². The number of hydrogen-bond donors (Lipinski definition) is 0. The first kappa shape index (κ1) is 10.4. The van der Waals surface area contributed by atoms with Gasteiger partial charge in [-0.05, 0) is 30.7 Å². The van der Waals surface area contributed by atoms with Crippen LogP contribution in [0.3, 0.4) is 0 Å². The van der Waals surface area contributed by atoms with E-state index in [2.05, 4.69) is 4.98 Å². The molecule has 0 bridgehead atoms. The molecule has 0 unspecified atom stereocenters. The second kappa shape index (κ2) is 4.57. The van der Waals surface area contributed by atoms with Crippen LogP contribution in [-0.2, 0) is 4.79 Å². The molecule has 2 rings (SSSR count). The van der Waals surface area contributed by atoms with Crippen molar-refractivity contribution >= 4 is 11.9 Å². The molecule has 1 aromatic heterocycles. The number of aldehydes is 1. The first-order valence-electron chi connectivity index (χ1n) is 4.94. The lowest BCUT2D eigenvalue weighted by atomic mass is 10.2. The maximum absolute atomic E-state index is 10.3. The molecule has 0 amide bonds. The van der Waals surface area contributed by atoms with Gasteiger partial charge in [-0.15, -0.1) is 0 Å². The van der Waals surface area contributed by atoms with Gasteiger partial charge in [-0.1, -0.05) is 18.2 Å². The largest absolute Gasteiger partial charge is 0.444 e. The number of carbonyl (C=O) groups excluding carboxylic acids is 1. The van der Waals surface area contributed by atoms with E-state index in [4.69, 9.17) is 4.42 Å². The molecule has 0 saturated carbocycles. The topological polar surface area (TPSA) is 43.1 Å². The molecule has 0 saturated heterocycles. The fourth-order valence-electron chi connectivity index (χ4n) is 1.36. The van der Waals surface area contributed by atoms with Crippen LogP contribution in [0, 0.1) is 0 Å². The van der Waals surface area contributed by atoms with E-state index in [1.165, 1.54) is 6.08 Å². The number of rotatable bonds is 3. The average Bonchev–Trinajstić information content (AvgIpc) is 2.80. The van der Waals surface area contributed by atoms with Gasteiger partial charge >= 0.3 is 0 Å². The molecule has 1 aromatic carbocycles. The molecule has 0 atom stereocenters. The Bertz CT molecular complexity index is 512. The Morgan fingerprint density at radius 1 is 1.31 bits per heavy atom. The van der Waals surface area contributed by atoms with E-state index >= 15 is 0 Å². The molecule has 0 aliphatic rings. The number of oxazole rings is 1. The zero-order valence-corrected chi connectivity index (χ0v) is 8.88. The van der Waals surface area contributed by atoms with E-state index in [1.807, 2.05) is 37.3 Å². The number of benzene rings is 1. The summed E-state index contributed by atoms with van der Waals surface area (Å²) < 4.78 is 5.35. The first-order chi connectivity index (χ1) is 7.81. The van der Waals surface area contributed by atoms with Crippen molar-refractivity contribution < 1.29 is 9.21 Å². The van der Waals surface area contributed by atoms with Crippen molar-refractivity contribution in [3.63, 3.8) is 0 Å². The zero-order valence-electron chi connectivity index (χ0n) is 8.88. The molecule has 0 aliphatic heterocycles. The minimum Gasteiger partial charge on any atom is -0.444 e. The molecule has 16 heavy (non-hydrogen) atoms. The second-order valence-corrected chi connectivity index (χ2v) is 3.39. The van der Waals surface area contributed by atoms with Gasteiger partial charge in [0.15, 0.2) is 0 Å². The Morgan fingerprint density at radius 2 is 2.06 bits per heavy atom. The van der Waals surface area contributed by atoms with E-state index in [-0.39, 0.29) is 0 Å². The monoisotopic (exact) mass is 213 g/mol. The first-order valence-corrected chi connectivity index (χ1v) is 4.94. The Kier molecular flexibility index (Phi) is 2.96. The van der Waals surface area contributed by atoms with Crippen LogP contribution in [0.5, 0.6) is 0 Å². The van der Waals surface area contributed by atoms with Crippen LogP contribution in [0.4, 0.5) is 0 Å². The van der Waals surface area contributed by atoms with Crippen LogP contribution in [0.2, 0.25) is 0 Å². The molecule has 0 fully saturated rings. The molecule has 80 valence electrons. The van der Waals surface area contributed by atoms with E-state index in [0.717, 1.165) is 17.4 Å². The molecule has 1 heterocycles. The summed E-state index contributed by atoms with van der Waals surface area (Å²) in [6, 6.07) is 9.63. The molecule has 0 N–H and O–H groups in total. The molecular weight excluding hydrogens is 202 g/mol. The van der Waals surface area contributed by atoms with E-state index in [9.17, 15) is 4.79 Å². The summed E-state index contributed by atoms with van der Waals surface area (Å²) >= 11 is 0. The summed E-state index contributed by atoms with van der Waals surface area (Å²) in [7, 11) is 0. The van der Waals surface area contributed by atoms with Crippen molar-refractivity contribution in [3.8, 4) is 11.5 Å². The van der Waals surface area contributed by atoms with E-state index in [0.29, 0.717) is 11.6 Å². The minimum absolute atomic E-state index is 0.564. The van der Waals surface area contributed by atoms with Crippen molar-refractivity contribution in [2.75, 3.05) is 0 Å². The number of aromatic nitrogens is 1. The van der Waals surface area contributed by atoms with Gasteiger partial charge in [-0.25, -0.2) is 4.98 Å². The summed E-state index contributed by atoms with van der Waals surface area (Å²) in [4.78, 5) is 14.6. The molecule has 3 nitrogen and oxygen atoms in total. The predicted molar refractivity (Wildman–Crippen MR) is 61.7 cm³/mol. The van der Waals surface area contributed by atoms with Crippen molar-refractivity contribution in [3.05, 3.63) is 48.4 Å². The van der Waals surface area contributed by atoms with Crippen LogP contribution in [0.15, 0.2) is 47.1 Å². The molecule has 0 aliphatic carbocycles. The normalized spacial score (nSPS) is 11.4. The molecule has 0 radical (unpaired) electrons. The Morgan fingerprint density at radius 3 is 2.75 bits per heavy atom. The highest BCUT2D eigenvalue weighted by Gasteiger charge is 2.06. The standard InChI is InChI=1S/C13H11NO2/c1-10(7-8-15)12-9-16-13(14-12)11-5-3-2-4-6-11/h2-9H,1H3/b10-7+. The number of carbonyl (C=O) groups is 1. The van der Waals surface area contributed by atoms with Crippen LogP contribution >= 0.6 is 0 Å². The average molecular weight is 213 g/mol. The lowest BCUT2D eigenvalue weighted by molar-refractivity contribution is -0.104. The van der Waals surface area contributed by atoms with Gasteiger partial charge in [0.25, 0.3) is 0 Å². The fourth-order valence-corrected chi connectivity index (χ4v) is 1.36.